The number of halogens is 4. The van der Waals surface area contributed by atoms with E-state index in [1.807, 2.05) is 0 Å². The lowest BCUT2D eigenvalue weighted by Crippen LogP contribution is -2.48. The van der Waals surface area contributed by atoms with Gasteiger partial charge in [0.25, 0.3) is 17.7 Å². The van der Waals surface area contributed by atoms with E-state index in [2.05, 4.69) is 5.32 Å². The Bertz CT molecular complexity index is 1190. The molecule has 1 aromatic carbocycles. The first kappa shape index (κ1) is 21.8. The van der Waals surface area contributed by atoms with Gasteiger partial charge in [0.05, 0.1) is 0 Å². The number of hydrogen-bond acceptors (Lipinski definition) is 4. The van der Waals surface area contributed by atoms with Gasteiger partial charge in [0.1, 0.15) is 23.2 Å². The van der Waals surface area contributed by atoms with Crippen LogP contribution in [0.5, 0.6) is 5.75 Å². The van der Waals surface area contributed by atoms with Gasteiger partial charge in [-0.2, -0.15) is 0 Å². The number of nitrogens with zero attached hydrogens (tertiary/aromatic N) is 2. The van der Waals surface area contributed by atoms with Crippen molar-refractivity contribution in [2.75, 3.05) is 13.1 Å². The van der Waals surface area contributed by atoms with Gasteiger partial charge < -0.3 is 19.9 Å². The molecular formula is C21H19F4N3O4. The number of benzene rings is 1. The molecule has 2 amide bonds. The number of aromatic hydroxyl groups is 1. The van der Waals surface area contributed by atoms with Crippen LogP contribution in [0, 0.1) is 18.6 Å². The van der Waals surface area contributed by atoms with Crippen molar-refractivity contribution in [1.82, 2.24) is 14.8 Å². The number of nitrogens with one attached hydrogen (secondary N) is 1. The molecule has 0 saturated carbocycles. The molecule has 0 unspecified atom stereocenters. The number of alkyl halides is 2. The highest BCUT2D eigenvalue weighted by Crippen LogP contribution is 2.41. The first-order chi connectivity index (χ1) is 15.0. The van der Waals surface area contributed by atoms with Gasteiger partial charge in [-0.15, -0.1) is 0 Å². The normalized spacial score (nSPS) is 19.3. The van der Waals surface area contributed by atoms with Crippen LogP contribution in [-0.4, -0.2) is 45.4 Å². The van der Waals surface area contributed by atoms with Gasteiger partial charge in [-0.3, -0.25) is 14.4 Å². The molecule has 0 aliphatic carbocycles. The minimum absolute atomic E-state index is 0.0464. The van der Waals surface area contributed by atoms with Gasteiger partial charge in [-0.1, -0.05) is 6.07 Å². The summed E-state index contributed by atoms with van der Waals surface area (Å²) < 4.78 is 57.8. The summed E-state index contributed by atoms with van der Waals surface area (Å²) in [5.74, 6) is -7.82. The molecule has 170 valence electrons. The fraction of sp³-hybridized carbons (Fsp3) is 0.381. The molecule has 4 rings (SSSR count). The van der Waals surface area contributed by atoms with Gasteiger partial charge >= 0.3 is 0 Å². The molecule has 7 nitrogen and oxygen atoms in total. The lowest BCUT2D eigenvalue weighted by atomic mass is 10.0. The Morgan fingerprint density at radius 3 is 2.72 bits per heavy atom. The highest BCUT2D eigenvalue weighted by molar-refractivity contribution is 5.99. The minimum Gasteiger partial charge on any atom is -0.503 e. The Kier molecular flexibility index (Phi) is 5.22. The van der Waals surface area contributed by atoms with Crippen molar-refractivity contribution < 1.29 is 32.3 Å². The molecular weight excluding hydrogens is 434 g/mol. The monoisotopic (exact) mass is 453 g/mol. The van der Waals surface area contributed by atoms with E-state index in [4.69, 9.17) is 0 Å². The van der Waals surface area contributed by atoms with Crippen LogP contribution in [0.4, 0.5) is 17.6 Å². The molecule has 32 heavy (non-hydrogen) atoms. The van der Waals surface area contributed by atoms with E-state index in [-0.39, 0.29) is 30.6 Å². The van der Waals surface area contributed by atoms with Crippen LogP contribution in [-0.2, 0) is 6.54 Å². The second kappa shape index (κ2) is 7.64. The predicted molar refractivity (Wildman–Crippen MR) is 104 cm³/mol. The molecule has 1 fully saturated rings. The number of fused-ring (bicyclic) bond motifs is 4. The average molecular weight is 453 g/mol. The van der Waals surface area contributed by atoms with Crippen LogP contribution in [0.2, 0.25) is 0 Å². The Morgan fingerprint density at radius 2 is 2.00 bits per heavy atom. The molecule has 1 aromatic heterocycles. The molecule has 11 heteroatoms. The van der Waals surface area contributed by atoms with Crippen molar-refractivity contribution >= 4 is 11.8 Å². The van der Waals surface area contributed by atoms with Crippen molar-refractivity contribution in [2.24, 2.45) is 0 Å². The van der Waals surface area contributed by atoms with Crippen LogP contribution in [0.15, 0.2) is 23.1 Å². The second-order valence-corrected chi connectivity index (χ2v) is 7.94. The van der Waals surface area contributed by atoms with E-state index >= 15 is 0 Å². The first-order valence-electron chi connectivity index (χ1n) is 9.89. The summed E-state index contributed by atoms with van der Waals surface area (Å²) in [5, 5.41) is 12.6. The van der Waals surface area contributed by atoms with Crippen LogP contribution >= 0.6 is 0 Å². The lowest BCUT2D eigenvalue weighted by molar-refractivity contribution is -0.0597. The van der Waals surface area contributed by atoms with Gasteiger partial charge in [0, 0.05) is 43.4 Å². The van der Waals surface area contributed by atoms with E-state index in [0.717, 1.165) is 27.8 Å². The number of carbonyl (C=O) groups is 2. The highest BCUT2D eigenvalue weighted by Gasteiger charge is 2.49. The van der Waals surface area contributed by atoms with Gasteiger partial charge in [0.15, 0.2) is 11.4 Å². The maximum atomic E-state index is 14.7. The zero-order valence-electron chi connectivity index (χ0n) is 16.9. The van der Waals surface area contributed by atoms with E-state index in [0.29, 0.717) is 0 Å². The standard InChI is InChI=1S/C21H19F4N3O4/c1-10-13(22)4-3-11(15(10)23)7-26-19(31)12-8-28-14-9-27(6-2-5-21(14,24)25)20(32)16(28)18(30)17(12)29/h3-4,8,14,30H,2,5-7,9H2,1H3,(H,26,31)/t14-/m1/s1. The number of hydrogen-bond donors (Lipinski definition) is 2. The van der Waals surface area contributed by atoms with E-state index in [1.54, 1.807) is 0 Å². The summed E-state index contributed by atoms with van der Waals surface area (Å²) in [7, 11) is 0. The first-order valence-corrected chi connectivity index (χ1v) is 9.89. The third kappa shape index (κ3) is 3.41. The van der Waals surface area contributed by atoms with Crippen molar-refractivity contribution in [3.8, 4) is 5.75 Å². The third-order valence-electron chi connectivity index (χ3n) is 5.94. The summed E-state index contributed by atoms with van der Waals surface area (Å²) in [6.07, 6.45) is 0.376. The number of aromatic nitrogens is 1. The molecule has 2 aliphatic rings. The van der Waals surface area contributed by atoms with Crippen molar-refractivity contribution in [1.29, 1.82) is 0 Å². The van der Waals surface area contributed by atoms with Gasteiger partial charge in [0.2, 0.25) is 5.43 Å². The summed E-state index contributed by atoms with van der Waals surface area (Å²) in [6.45, 7) is 0.531. The number of amides is 2. The number of rotatable bonds is 3. The zero-order chi connectivity index (χ0) is 23.4. The quantitative estimate of drug-likeness (QED) is 0.699. The fourth-order valence-corrected chi connectivity index (χ4v) is 4.10. The van der Waals surface area contributed by atoms with E-state index in [1.165, 1.54) is 6.92 Å². The average Bonchev–Trinajstić information content (AvgIpc) is 2.88. The molecule has 1 atom stereocenters. The molecule has 2 aromatic rings. The van der Waals surface area contributed by atoms with Crippen LogP contribution in [0.25, 0.3) is 0 Å². The summed E-state index contributed by atoms with van der Waals surface area (Å²) in [4.78, 5) is 39.0. The summed E-state index contributed by atoms with van der Waals surface area (Å²) >= 11 is 0. The molecule has 1 saturated heterocycles. The van der Waals surface area contributed by atoms with E-state index in [9.17, 15) is 37.1 Å². The molecule has 2 bridgehead atoms. The Labute approximate surface area is 179 Å². The van der Waals surface area contributed by atoms with Crippen LogP contribution in [0.1, 0.15) is 50.9 Å². The molecule has 2 aliphatic heterocycles. The number of carbonyl (C=O) groups excluding carboxylic acids is 2. The third-order valence-corrected chi connectivity index (χ3v) is 5.94. The predicted octanol–water partition coefficient (Wildman–Crippen LogP) is 2.50. The molecule has 0 spiro atoms. The van der Waals surface area contributed by atoms with E-state index < -0.39 is 70.8 Å². The molecule has 0 radical (unpaired) electrons. The minimum atomic E-state index is -3.24. The Hall–Kier alpha value is -3.37. The Morgan fingerprint density at radius 1 is 1.28 bits per heavy atom. The summed E-state index contributed by atoms with van der Waals surface area (Å²) in [6, 6.07) is 0.576. The van der Waals surface area contributed by atoms with Crippen LogP contribution < -0.4 is 10.7 Å². The van der Waals surface area contributed by atoms with Crippen molar-refractivity contribution in [3.63, 3.8) is 0 Å². The largest absolute Gasteiger partial charge is 0.503 e. The number of pyridine rings is 1. The topological polar surface area (TPSA) is 91.6 Å². The fourth-order valence-electron chi connectivity index (χ4n) is 4.10. The van der Waals surface area contributed by atoms with Crippen molar-refractivity contribution in [2.45, 2.75) is 38.3 Å². The second-order valence-electron chi connectivity index (χ2n) is 7.94. The smallest absolute Gasteiger partial charge is 0.274 e. The Balaban J connectivity index is 1.71. The highest BCUT2D eigenvalue weighted by atomic mass is 19.3. The maximum absolute atomic E-state index is 14.7. The maximum Gasteiger partial charge on any atom is 0.274 e. The van der Waals surface area contributed by atoms with Gasteiger partial charge in [-0.05, 0) is 19.4 Å². The van der Waals surface area contributed by atoms with Crippen molar-refractivity contribution in [3.05, 3.63) is 62.6 Å². The summed E-state index contributed by atoms with van der Waals surface area (Å²) in [5.41, 5.74) is -2.78. The molecule has 2 N–H and O–H groups in total. The van der Waals surface area contributed by atoms with Crippen LogP contribution in [0.3, 0.4) is 0 Å². The van der Waals surface area contributed by atoms with Gasteiger partial charge in [-0.25, -0.2) is 17.6 Å². The molecule has 3 heterocycles. The zero-order valence-corrected chi connectivity index (χ0v) is 16.9. The lowest BCUT2D eigenvalue weighted by Gasteiger charge is -2.37. The SMILES string of the molecule is Cc1c(F)ccc(CNC(=O)c2cn3c(c(O)c2=O)C(=O)N2CCCC(F)(F)[C@H]3C2)c1F.